The third kappa shape index (κ3) is 4.84. The molecule has 1 aromatic carbocycles. The van der Waals surface area contributed by atoms with Crippen LogP contribution in [-0.2, 0) is 6.54 Å². The van der Waals surface area contributed by atoms with Crippen LogP contribution in [0.25, 0.3) is 0 Å². The molecule has 0 bridgehead atoms. The lowest BCUT2D eigenvalue weighted by Gasteiger charge is -2.12. The molecule has 1 amide bonds. The van der Waals surface area contributed by atoms with Crippen LogP contribution < -0.4 is 21.3 Å². The molecule has 23 heavy (non-hydrogen) atoms. The Balaban J connectivity index is 1.97. The van der Waals surface area contributed by atoms with E-state index in [0.717, 1.165) is 6.42 Å². The highest BCUT2D eigenvalue weighted by atomic mass is 16.5. The van der Waals surface area contributed by atoms with E-state index in [2.05, 4.69) is 15.3 Å². The lowest BCUT2D eigenvalue weighted by atomic mass is 10.2. The Morgan fingerprint density at radius 2 is 1.91 bits per heavy atom. The molecule has 2 aromatic rings. The van der Waals surface area contributed by atoms with Crippen LogP contribution in [-0.4, -0.2) is 22.0 Å². The van der Waals surface area contributed by atoms with Gasteiger partial charge in [-0.2, -0.15) is 0 Å². The van der Waals surface area contributed by atoms with E-state index in [1.807, 2.05) is 13.8 Å². The zero-order valence-corrected chi connectivity index (χ0v) is 13.0. The zero-order valence-electron chi connectivity index (χ0n) is 13.0. The number of ether oxygens (including phenoxy) is 1. The molecule has 0 radical (unpaired) electrons. The topological polar surface area (TPSA) is 104 Å². The van der Waals surface area contributed by atoms with Gasteiger partial charge in [0.15, 0.2) is 0 Å². The number of carbonyl (C=O) groups excluding carboxylic acids is 1. The highest BCUT2D eigenvalue weighted by Gasteiger charge is 2.07. The Morgan fingerprint density at radius 1 is 1.22 bits per heavy atom. The first-order valence-electron chi connectivity index (χ1n) is 7.35. The van der Waals surface area contributed by atoms with Gasteiger partial charge in [0.05, 0.1) is 12.6 Å². The minimum Gasteiger partial charge on any atom is -0.491 e. The van der Waals surface area contributed by atoms with Crippen LogP contribution >= 0.6 is 0 Å². The molecule has 0 spiro atoms. The van der Waals surface area contributed by atoms with Gasteiger partial charge in [-0.25, -0.2) is 4.79 Å². The maximum Gasteiger partial charge on any atom is 0.325 e. The summed E-state index contributed by atoms with van der Waals surface area (Å²) in [7, 11) is 0. The molecule has 0 unspecified atom stereocenters. The number of carbonyl (C=O) groups is 1. The largest absolute Gasteiger partial charge is 0.491 e. The van der Waals surface area contributed by atoms with Gasteiger partial charge in [-0.3, -0.25) is 14.6 Å². The fourth-order valence-electron chi connectivity index (χ4n) is 1.89. The maximum atomic E-state index is 12.0. The summed E-state index contributed by atoms with van der Waals surface area (Å²) in [5.74, 6) is 0.399. The van der Waals surface area contributed by atoms with E-state index in [-0.39, 0.29) is 18.6 Å². The summed E-state index contributed by atoms with van der Waals surface area (Å²) in [4.78, 5) is 38.9. The van der Waals surface area contributed by atoms with Crippen LogP contribution in [0.4, 0.5) is 0 Å². The van der Waals surface area contributed by atoms with Gasteiger partial charge >= 0.3 is 5.69 Å². The molecule has 0 aliphatic rings. The van der Waals surface area contributed by atoms with Gasteiger partial charge in [0.2, 0.25) is 0 Å². The third-order valence-corrected chi connectivity index (χ3v) is 3.28. The molecule has 0 fully saturated rings. The van der Waals surface area contributed by atoms with Gasteiger partial charge in [0.1, 0.15) is 5.75 Å². The molecule has 122 valence electrons. The molecule has 0 saturated carbocycles. The lowest BCUT2D eigenvalue weighted by molar-refractivity contribution is 0.0950. The van der Waals surface area contributed by atoms with E-state index in [1.54, 1.807) is 24.3 Å². The summed E-state index contributed by atoms with van der Waals surface area (Å²) in [6.45, 7) is 4.07. The van der Waals surface area contributed by atoms with E-state index in [4.69, 9.17) is 4.74 Å². The normalized spacial score (nSPS) is 11.7. The standard InChI is InChI=1S/C16H19N3O4/c1-3-10(2)23-13-6-4-11(5-7-13)15(21)17-9-12-8-14(20)19-16(22)18-12/h4-8,10H,3,9H2,1-2H3,(H,17,21)(H2,18,19,20,22)/t10-/m1/s1. The predicted molar refractivity (Wildman–Crippen MR) is 85.7 cm³/mol. The molecular weight excluding hydrogens is 298 g/mol. The Labute approximate surface area is 132 Å². The fourth-order valence-corrected chi connectivity index (χ4v) is 1.89. The van der Waals surface area contributed by atoms with Crippen LogP contribution in [0.15, 0.2) is 39.9 Å². The number of aromatic amines is 2. The molecule has 3 N–H and O–H groups in total. The van der Waals surface area contributed by atoms with Crippen LogP contribution in [0, 0.1) is 0 Å². The minimum absolute atomic E-state index is 0.0586. The molecule has 1 aromatic heterocycles. The summed E-state index contributed by atoms with van der Waals surface area (Å²) in [6, 6.07) is 8.01. The van der Waals surface area contributed by atoms with E-state index < -0.39 is 11.2 Å². The van der Waals surface area contributed by atoms with E-state index >= 15 is 0 Å². The van der Waals surface area contributed by atoms with Crippen LogP contribution in [0.2, 0.25) is 0 Å². The molecule has 0 saturated heterocycles. The fraction of sp³-hybridized carbons (Fsp3) is 0.312. The minimum atomic E-state index is -0.603. The quantitative estimate of drug-likeness (QED) is 0.744. The highest BCUT2D eigenvalue weighted by molar-refractivity contribution is 5.94. The Kier molecular flexibility index (Phi) is 5.35. The first kappa shape index (κ1) is 16.5. The van der Waals surface area contributed by atoms with Crippen molar-refractivity contribution in [3.63, 3.8) is 0 Å². The Hall–Kier alpha value is -2.83. The van der Waals surface area contributed by atoms with Gasteiger partial charge in [-0.05, 0) is 37.6 Å². The van der Waals surface area contributed by atoms with Crippen molar-refractivity contribution in [2.75, 3.05) is 0 Å². The van der Waals surface area contributed by atoms with E-state index in [1.165, 1.54) is 6.07 Å². The van der Waals surface area contributed by atoms with Crippen molar-refractivity contribution < 1.29 is 9.53 Å². The number of hydrogen-bond acceptors (Lipinski definition) is 4. The van der Waals surface area contributed by atoms with Crippen molar-refractivity contribution in [2.24, 2.45) is 0 Å². The second kappa shape index (κ2) is 7.44. The number of amides is 1. The number of hydrogen-bond donors (Lipinski definition) is 3. The van der Waals surface area contributed by atoms with Crippen molar-refractivity contribution in [2.45, 2.75) is 32.9 Å². The smallest absolute Gasteiger partial charge is 0.325 e. The Morgan fingerprint density at radius 3 is 2.52 bits per heavy atom. The van der Waals surface area contributed by atoms with Crippen molar-refractivity contribution >= 4 is 5.91 Å². The molecule has 1 heterocycles. The Bertz CT molecular complexity index is 749. The van der Waals surface area contributed by atoms with Crippen molar-refractivity contribution in [3.05, 3.63) is 62.4 Å². The van der Waals surface area contributed by atoms with E-state index in [0.29, 0.717) is 17.0 Å². The summed E-state index contributed by atoms with van der Waals surface area (Å²) in [6.07, 6.45) is 1.01. The molecular formula is C16H19N3O4. The molecule has 7 heteroatoms. The number of benzene rings is 1. The lowest BCUT2D eigenvalue weighted by Crippen LogP contribution is -2.28. The second-order valence-electron chi connectivity index (χ2n) is 5.16. The van der Waals surface area contributed by atoms with Crippen LogP contribution in [0.5, 0.6) is 5.75 Å². The molecule has 0 aliphatic carbocycles. The highest BCUT2D eigenvalue weighted by Crippen LogP contribution is 2.14. The number of rotatable bonds is 6. The molecule has 2 rings (SSSR count). The third-order valence-electron chi connectivity index (χ3n) is 3.28. The second-order valence-corrected chi connectivity index (χ2v) is 5.16. The van der Waals surface area contributed by atoms with Gasteiger partial charge in [0.25, 0.3) is 11.5 Å². The number of H-pyrrole nitrogens is 2. The summed E-state index contributed by atoms with van der Waals surface area (Å²) < 4.78 is 5.64. The van der Waals surface area contributed by atoms with Gasteiger partial charge in [0, 0.05) is 17.3 Å². The SMILES string of the molecule is CC[C@@H](C)Oc1ccc(C(=O)NCc2cc(=O)[nH]c(=O)[nH]2)cc1. The molecule has 0 aliphatic heterocycles. The van der Waals surface area contributed by atoms with Crippen molar-refractivity contribution in [1.29, 1.82) is 0 Å². The van der Waals surface area contributed by atoms with Crippen LogP contribution in [0.3, 0.4) is 0 Å². The average molecular weight is 317 g/mol. The molecule has 1 atom stereocenters. The molecule has 7 nitrogen and oxygen atoms in total. The first-order valence-corrected chi connectivity index (χ1v) is 7.35. The zero-order chi connectivity index (χ0) is 16.8. The summed E-state index contributed by atoms with van der Waals surface area (Å²) >= 11 is 0. The maximum absolute atomic E-state index is 12.0. The van der Waals surface area contributed by atoms with Crippen molar-refractivity contribution in [3.8, 4) is 5.75 Å². The summed E-state index contributed by atoms with van der Waals surface area (Å²) in [5.41, 5.74) is -0.310. The monoisotopic (exact) mass is 317 g/mol. The van der Waals surface area contributed by atoms with Gasteiger partial charge < -0.3 is 15.0 Å². The average Bonchev–Trinajstić information content (AvgIpc) is 2.52. The number of nitrogens with one attached hydrogen (secondary N) is 3. The first-order chi connectivity index (χ1) is 11.0. The van der Waals surface area contributed by atoms with E-state index in [9.17, 15) is 14.4 Å². The number of aromatic nitrogens is 2. The van der Waals surface area contributed by atoms with Gasteiger partial charge in [-0.1, -0.05) is 6.92 Å². The predicted octanol–water partition coefficient (Wildman–Crippen LogP) is 1.17. The van der Waals surface area contributed by atoms with Crippen molar-refractivity contribution in [1.82, 2.24) is 15.3 Å². The van der Waals surface area contributed by atoms with Gasteiger partial charge in [-0.15, -0.1) is 0 Å². The van der Waals surface area contributed by atoms with Crippen LogP contribution in [0.1, 0.15) is 36.3 Å². The summed E-state index contributed by atoms with van der Waals surface area (Å²) in [5, 5.41) is 2.64.